The Kier molecular flexibility index (Phi) is 4.88. The van der Waals surface area contributed by atoms with Gasteiger partial charge in [-0.1, -0.05) is 25.8 Å². The van der Waals surface area contributed by atoms with Crippen LogP contribution in [-0.2, 0) is 12.8 Å². The third kappa shape index (κ3) is 3.24. The van der Waals surface area contributed by atoms with Crippen molar-refractivity contribution in [1.29, 1.82) is 0 Å². The summed E-state index contributed by atoms with van der Waals surface area (Å²) < 4.78 is 5.40. The van der Waals surface area contributed by atoms with Crippen molar-refractivity contribution in [3.05, 3.63) is 29.3 Å². The molecular formula is C23H34O. The number of rotatable bonds is 3. The van der Waals surface area contributed by atoms with Gasteiger partial charge >= 0.3 is 0 Å². The molecular weight excluding hydrogens is 292 g/mol. The van der Waals surface area contributed by atoms with Crippen LogP contribution in [0.3, 0.4) is 0 Å². The summed E-state index contributed by atoms with van der Waals surface area (Å²) in [5.74, 6) is 6.14. The lowest BCUT2D eigenvalue weighted by atomic mass is 9.61. The van der Waals surface area contributed by atoms with Crippen LogP contribution < -0.4 is 4.74 Å². The standard InChI is InChI=1S/C23H34O/c1-3-16-4-5-18-13-19(7-6-17(18)12-16)20-8-9-22-15-23(24-2)11-10-21(22)14-20/h10-11,15-20H,3-9,12-14H2,1-2H3. The lowest BCUT2D eigenvalue weighted by Crippen LogP contribution is -2.34. The maximum Gasteiger partial charge on any atom is 0.119 e. The molecule has 1 aromatic rings. The largest absolute Gasteiger partial charge is 0.497 e. The van der Waals surface area contributed by atoms with Crippen LogP contribution in [0.4, 0.5) is 0 Å². The van der Waals surface area contributed by atoms with Crippen LogP contribution in [0.2, 0.25) is 0 Å². The molecule has 0 bridgehead atoms. The van der Waals surface area contributed by atoms with E-state index in [0.29, 0.717) is 0 Å². The van der Waals surface area contributed by atoms with Crippen LogP contribution in [0.25, 0.3) is 0 Å². The Bertz CT molecular complexity index is 563. The molecule has 0 amide bonds. The Morgan fingerprint density at radius 1 is 0.875 bits per heavy atom. The maximum atomic E-state index is 5.40. The summed E-state index contributed by atoms with van der Waals surface area (Å²) in [6, 6.07) is 6.76. The fourth-order valence-corrected chi connectivity index (χ4v) is 6.11. The number of methoxy groups -OCH3 is 1. The maximum absolute atomic E-state index is 5.40. The zero-order valence-electron chi connectivity index (χ0n) is 15.6. The van der Waals surface area contributed by atoms with E-state index in [0.717, 1.165) is 35.3 Å². The Morgan fingerprint density at radius 2 is 1.62 bits per heavy atom. The van der Waals surface area contributed by atoms with E-state index in [9.17, 15) is 0 Å². The molecule has 0 N–H and O–H groups in total. The third-order valence-corrected chi connectivity index (χ3v) is 7.69. The minimum absolute atomic E-state index is 0.941. The second-order valence-corrected chi connectivity index (χ2v) is 8.82. The SMILES string of the molecule is CCC1CCC2CC(C3CCc4cc(OC)ccc4C3)CCC2C1. The van der Waals surface area contributed by atoms with Gasteiger partial charge in [-0.3, -0.25) is 0 Å². The van der Waals surface area contributed by atoms with E-state index in [4.69, 9.17) is 4.74 Å². The molecule has 0 heterocycles. The van der Waals surface area contributed by atoms with Gasteiger partial charge in [0, 0.05) is 0 Å². The molecule has 0 radical (unpaired) electrons. The van der Waals surface area contributed by atoms with Crippen molar-refractivity contribution in [2.45, 2.75) is 71.1 Å². The Hall–Kier alpha value is -0.980. The highest BCUT2D eigenvalue weighted by Crippen LogP contribution is 2.48. The Labute approximate surface area is 148 Å². The first kappa shape index (κ1) is 16.5. The van der Waals surface area contributed by atoms with Crippen molar-refractivity contribution in [2.24, 2.45) is 29.6 Å². The fraction of sp³-hybridized carbons (Fsp3) is 0.739. The molecule has 4 rings (SSSR count). The smallest absolute Gasteiger partial charge is 0.119 e. The van der Waals surface area contributed by atoms with Crippen LogP contribution >= 0.6 is 0 Å². The number of hydrogen-bond donors (Lipinski definition) is 0. The van der Waals surface area contributed by atoms with Crippen LogP contribution in [0.15, 0.2) is 18.2 Å². The summed E-state index contributed by atoms with van der Waals surface area (Å²) in [5, 5.41) is 0. The van der Waals surface area contributed by atoms with Gasteiger partial charge in [0.25, 0.3) is 0 Å². The van der Waals surface area contributed by atoms with Crippen molar-refractivity contribution in [3.8, 4) is 5.75 Å². The highest BCUT2D eigenvalue weighted by Gasteiger charge is 2.38. The highest BCUT2D eigenvalue weighted by molar-refractivity contribution is 5.37. The van der Waals surface area contributed by atoms with E-state index in [1.165, 1.54) is 57.8 Å². The monoisotopic (exact) mass is 326 g/mol. The first-order valence-corrected chi connectivity index (χ1v) is 10.4. The number of fused-ring (bicyclic) bond motifs is 2. The molecule has 0 saturated heterocycles. The predicted molar refractivity (Wildman–Crippen MR) is 100 cm³/mol. The van der Waals surface area contributed by atoms with E-state index in [2.05, 4.69) is 25.1 Å². The molecule has 5 atom stereocenters. The Morgan fingerprint density at radius 3 is 2.42 bits per heavy atom. The zero-order valence-corrected chi connectivity index (χ0v) is 15.6. The normalized spacial score (nSPS) is 35.8. The average molecular weight is 327 g/mol. The molecule has 3 aliphatic carbocycles. The van der Waals surface area contributed by atoms with Gasteiger partial charge in [0.2, 0.25) is 0 Å². The van der Waals surface area contributed by atoms with Gasteiger partial charge in [0.1, 0.15) is 5.75 Å². The third-order valence-electron chi connectivity index (χ3n) is 7.69. The van der Waals surface area contributed by atoms with E-state index >= 15 is 0 Å². The molecule has 0 aliphatic heterocycles. The molecule has 132 valence electrons. The molecule has 1 aromatic carbocycles. The summed E-state index contributed by atoms with van der Waals surface area (Å²) in [6.45, 7) is 2.39. The van der Waals surface area contributed by atoms with Gasteiger partial charge < -0.3 is 4.74 Å². The molecule has 3 aliphatic rings. The molecule has 2 fully saturated rings. The minimum atomic E-state index is 0.941. The summed E-state index contributed by atoms with van der Waals surface area (Å²) in [4.78, 5) is 0. The van der Waals surface area contributed by atoms with Gasteiger partial charge in [0.05, 0.1) is 7.11 Å². The van der Waals surface area contributed by atoms with Crippen molar-refractivity contribution in [1.82, 2.24) is 0 Å². The number of aryl methyl sites for hydroxylation is 1. The minimum Gasteiger partial charge on any atom is -0.497 e. The van der Waals surface area contributed by atoms with Crippen LogP contribution in [0.5, 0.6) is 5.75 Å². The molecule has 2 saturated carbocycles. The lowest BCUT2D eigenvalue weighted by molar-refractivity contribution is 0.0708. The number of benzene rings is 1. The lowest BCUT2D eigenvalue weighted by Gasteiger charge is -2.45. The average Bonchev–Trinajstić information content (AvgIpc) is 2.66. The zero-order chi connectivity index (χ0) is 16.5. The second kappa shape index (κ2) is 7.10. The topological polar surface area (TPSA) is 9.23 Å². The summed E-state index contributed by atoms with van der Waals surface area (Å²) in [5.41, 5.74) is 3.15. The number of ether oxygens (including phenoxy) is 1. The molecule has 5 unspecified atom stereocenters. The summed E-state index contributed by atoms with van der Waals surface area (Å²) in [7, 11) is 1.78. The quantitative estimate of drug-likeness (QED) is 0.657. The molecule has 24 heavy (non-hydrogen) atoms. The van der Waals surface area contributed by atoms with Gasteiger partial charge in [-0.05, 0) is 104 Å². The van der Waals surface area contributed by atoms with Crippen molar-refractivity contribution >= 4 is 0 Å². The van der Waals surface area contributed by atoms with Crippen molar-refractivity contribution in [3.63, 3.8) is 0 Å². The second-order valence-electron chi connectivity index (χ2n) is 8.82. The summed E-state index contributed by atoms with van der Waals surface area (Å²) in [6.07, 6.45) is 14.6. The van der Waals surface area contributed by atoms with Crippen LogP contribution in [0.1, 0.15) is 69.4 Å². The van der Waals surface area contributed by atoms with E-state index < -0.39 is 0 Å². The fourth-order valence-electron chi connectivity index (χ4n) is 6.11. The van der Waals surface area contributed by atoms with Gasteiger partial charge in [-0.15, -0.1) is 0 Å². The first-order valence-electron chi connectivity index (χ1n) is 10.4. The Balaban J connectivity index is 1.39. The van der Waals surface area contributed by atoms with Crippen LogP contribution in [0, 0.1) is 29.6 Å². The van der Waals surface area contributed by atoms with E-state index in [1.54, 1.807) is 24.7 Å². The first-order chi connectivity index (χ1) is 11.8. The molecule has 1 nitrogen and oxygen atoms in total. The number of hydrogen-bond acceptors (Lipinski definition) is 1. The van der Waals surface area contributed by atoms with Crippen LogP contribution in [-0.4, -0.2) is 7.11 Å². The molecule has 0 aromatic heterocycles. The van der Waals surface area contributed by atoms with E-state index in [1.807, 2.05) is 0 Å². The van der Waals surface area contributed by atoms with Crippen molar-refractivity contribution in [2.75, 3.05) is 7.11 Å². The van der Waals surface area contributed by atoms with Gasteiger partial charge in [0.15, 0.2) is 0 Å². The van der Waals surface area contributed by atoms with Crippen molar-refractivity contribution < 1.29 is 4.74 Å². The van der Waals surface area contributed by atoms with Gasteiger partial charge in [-0.25, -0.2) is 0 Å². The van der Waals surface area contributed by atoms with Gasteiger partial charge in [-0.2, -0.15) is 0 Å². The summed E-state index contributed by atoms with van der Waals surface area (Å²) >= 11 is 0. The predicted octanol–water partition coefficient (Wildman–Crippen LogP) is 6.04. The molecule has 1 heteroatoms. The highest BCUT2D eigenvalue weighted by atomic mass is 16.5. The molecule has 0 spiro atoms. The van der Waals surface area contributed by atoms with E-state index in [-0.39, 0.29) is 0 Å².